The molecule has 0 bridgehead atoms. The zero-order valence-corrected chi connectivity index (χ0v) is 16.3. The van der Waals surface area contributed by atoms with Gasteiger partial charge in [0.15, 0.2) is 0 Å². The molecule has 3 aromatic rings. The first kappa shape index (κ1) is 17.3. The van der Waals surface area contributed by atoms with Crippen molar-refractivity contribution in [1.82, 2.24) is 9.29 Å². The second-order valence-electron chi connectivity index (χ2n) is 7.28. The van der Waals surface area contributed by atoms with Gasteiger partial charge in [0.25, 0.3) is 0 Å². The fourth-order valence-corrected chi connectivity index (χ4v) is 5.29. The molecule has 4 rings (SSSR count). The lowest BCUT2D eigenvalue weighted by atomic mass is 10.1. The second kappa shape index (κ2) is 6.25. The fourth-order valence-electron chi connectivity index (χ4n) is 3.76. The minimum atomic E-state index is -3.46. The topological polar surface area (TPSA) is 53.2 Å². The average molecular weight is 369 g/mol. The van der Waals surface area contributed by atoms with Crippen LogP contribution in [0.4, 0.5) is 0 Å². The lowest BCUT2D eigenvalue weighted by Crippen LogP contribution is -2.33. The highest BCUT2D eigenvalue weighted by Crippen LogP contribution is 2.28. The second-order valence-corrected chi connectivity index (χ2v) is 9.22. The molecule has 0 amide bonds. The van der Waals surface area contributed by atoms with Gasteiger partial charge in [-0.15, -0.1) is 0 Å². The maximum atomic E-state index is 13.1. The number of rotatable bonds is 2. The highest BCUT2D eigenvalue weighted by atomic mass is 32.2. The summed E-state index contributed by atoms with van der Waals surface area (Å²) >= 11 is 0. The van der Waals surface area contributed by atoms with E-state index >= 15 is 0 Å². The Bertz CT molecular complexity index is 1100. The summed E-state index contributed by atoms with van der Waals surface area (Å²) in [6.45, 7) is 7.07. The normalized spacial score (nSPS) is 15.8. The van der Waals surface area contributed by atoms with Crippen LogP contribution in [0.3, 0.4) is 0 Å². The number of sulfonamides is 1. The van der Waals surface area contributed by atoms with E-state index < -0.39 is 10.0 Å². The van der Waals surface area contributed by atoms with Gasteiger partial charge in [-0.2, -0.15) is 4.31 Å². The van der Waals surface area contributed by atoms with E-state index in [1.165, 1.54) is 22.2 Å². The molecule has 2 aromatic carbocycles. The van der Waals surface area contributed by atoms with Crippen LogP contribution in [0.2, 0.25) is 0 Å². The Hall–Kier alpha value is -2.11. The molecule has 0 saturated carbocycles. The van der Waals surface area contributed by atoms with Crippen molar-refractivity contribution in [2.24, 2.45) is 0 Å². The van der Waals surface area contributed by atoms with E-state index in [2.05, 4.69) is 30.1 Å². The molecule has 136 valence electrons. The quantitative estimate of drug-likeness (QED) is 0.746. The number of aryl methyl sites for hydroxylation is 3. The number of nitrogens with one attached hydrogen (secondary N) is 1. The standard InChI is InChI=1S/C21H24N2O2S/c1-14-4-7-20-19(12-14)18-8-10-23(11-9-21(18)22-20)26(24,25)17-6-5-15(2)16(3)13-17/h4-7,12-13,22H,8-11H2,1-3H3. The van der Waals surface area contributed by atoms with Crippen molar-refractivity contribution in [3.8, 4) is 0 Å². The van der Waals surface area contributed by atoms with Crippen molar-refractivity contribution in [2.75, 3.05) is 13.1 Å². The molecule has 1 N–H and O–H groups in total. The number of benzene rings is 2. The zero-order valence-electron chi connectivity index (χ0n) is 15.5. The molecule has 2 heterocycles. The molecule has 5 heteroatoms. The van der Waals surface area contributed by atoms with E-state index in [1.807, 2.05) is 19.9 Å². The Morgan fingerprint density at radius 2 is 1.69 bits per heavy atom. The molecule has 0 aliphatic carbocycles. The van der Waals surface area contributed by atoms with E-state index in [4.69, 9.17) is 0 Å². The highest BCUT2D eigenvalue weighted by Gasteiger charge is 2.28. The molecule has 26 heavy (non-hydrogen) atoms. The first-order valence-corrected chi connectivity index (χ1v) is 10.5. The van der Waals surface area contributed by atoms with Gasteiger partial charge in [-0.05, 0) is 68.1 Å². The summed E-state index contributed by atoms with van der Waals surface area (Å²) in [5.41, 5.74) is 6.92. The summed E-state index contributed by atoms with van der Waals surface area (Å²) in [5, 5.41) is 1.23. The minimum absolute atomic E-state index is 0.395. The van der Waals surface area contributed by atoms with Crippen molar-refractivity contribution >= 4 is 20.9 Å². The van der Waals surface area contributed by atoms with Gasteiger partial charge in [0, 0.05) is 36.1 Å². The summed E-state index contributed by atoms with van der Waals surface area (Å²) in [6.07, 6.45) is 1.45. The number of H-pyrrole nitrogens is 1. The van der Waals surface area contributed by atoms with Gasteiger partial charge in [0.05, 0.1) is 4.90 Å². The van der Waals surface area contributed by atoms with Crippen molar-refractivity contribution in [3.05, 3.63) is 64.3 Å². The van der Waals surface area contributed by atoms with Crippen LogP contribution in [0.25, 0.3) is 10.9 Å². The van der Waals surface area contributed by atoms with E-state index in [0.717, 1.165) is 23.1 Å². The molecule has 0 spiro atoms. The van der Waals surface area contributed by atoms with Crippen molar-refractivity contribution < 1.29 is 8.42 Å². The van der Waals surface area contributed by atoms with Gasteiger partial charge in [-0.3, -0.25) is 0 Å². The third-order valence-corrected chi connectivity index (χ3v) is 7.38. The molecule has 0 radical (unpaired) electrons. The highest BCUT2D eigenvalue weighted by molar-refractivity contribution is 7.89. The Labute approximate surface area is 154 Å². The Morgan fingerprint density at radius 3 is 2.46 bits per heavy atom. The van der Waals surface area contributed by atoms with Crippen LogP contribution in [0.5, 0.6) is 0 Å². The zero-order chi connectivity index (χ0) is 18.5. The maximum absolute atomic E-state index is 13.1. The first-order chi connectivity index (χ1) is 12.4. The molecule has 0 saturated heterocycles. The van der Waals surface area contributed by atoms with Gasteiger partial charge < -0.3 is 4.98 Å². The third kappa shape index (κ3) is 2.85. The number of aromatic nitrogens is 1. The molecular weight excluding hydrogens is 344 g/mol. The van der Waals surface area contributed by atoms with Crippen molar-refractivity contribution in [3.63, 3.8) is 0 Å². The van der Waals surface area contributed by atoms with Crippen LogP contribution in [-0.2, 0) is 22.9 Å². The number of nitrogens with zero attached hydrogens (tertiary/aromatic N) is 1. The van der Waals surface area contributed by atoms with Gasteiger partial charge >= 0.3 is 0 Å². The van der Waals surface area contributed by atoms with Gasteiger partial charge in [-0.25, -0.2) is 8.42 Å². The lowest BCUT2D eigenvalue weighted by molar-refractivity contribution is 0.426. The van der Waals surface area contributed by atoms with E-state index in [9.17, 15) is 8.42 Å². The van der Waals surface area contributed by atoms with Crippen LogP contribution in [0.1, 0.15) is 27.9 Å². The monoisotopic (exact) mass is 368 g/mol. The van der Waals surface area contributed by atoms with E-state index in [1.54, 1.807) is 16.4 Å². The first-order valence-electron chi connectivity index (χ1n) is 9.04. The summed E-state index contributed by atoms with van der Waals surface area (Å²) in [6, 6.07) is 11.8. The molecule has 0 unspecified atom stereocenters. The fraction of sp³-hybridized carbons (Fsp3) is 0.333. The number of hydrogen-bond donors (Lipinski definition) is 1. The summed E-state index contributed by atoms with van der Waals surface area (Å²) < 4.78 is 27.9. The summed E-state index contributed by atoms with van der Waals surface area (Å²) in [4.78, 5) is 3.89. The number of fused-ring (bicyclic) bond motifs is 3. The molecule has 0 atom stereocenters. The predicted octanol–water partition coefficient (Wildman–Crippen LogP) is 3.88. The number of hydrogen-bond acceptors (Lipinski definition) is 2. The van der Waals surface area contributed by atoms with Gasteiger partial charge in [0.1, 0.15) is 0 Å². The maximum Gasteiger partial charge on any atom is 0.243 e. The third-order valence-electron chi connectivity index (χ3n) is 5.49. The molecule has 1 aliphatic heterocycles. The minimum Gasteiger partial charge on any atom is -0.358 e. The Balaban J connectivity index is 1.66. The molecular formula is C21H24N2O2S. The van der Waals surface area contributed by atoms with Crippen LogP contribution in [0, 0.1) is 20.8 Å². The molecule has 1 aliphatic rings. The van der Waals surface area contributed by atoms with Crippen LogP contribution in [0.15, 0.2) is 41.3 Å². The lowest BCUT2D eigenvalue weighted by Gasteiger charge is -2.20. The molecule has 1 aromatic heterocycles. The van der Waals surface area contributed by atoms with Crippen LogP contribution < -0.4 is 0 Å². The SMILES string of the molecule is Cc1ccc2[nH]c3c(c2c1)CCN(S(=O)(=O)c1ccc(C)c(C)c1)CC3. The molecule has 4 nitrogen and oxygen atoms in total. The van der Waals surface area contributed by atoms with Crippen molar-refractivity contribution in [2.45, 2.75) is 38.5 Å². The van der Waals surface area contributed by atoms with Gasteiger partial charge in [-0.1, -0.05) is 17.7 Å². The van der Waals surface area contributed by atoms with Gasteiger partial charge in [0.2, 0.25) is 10.0 Å². The largest absolute Gasteiger partial charge is 0.358 e. The summed E-state index contributed by atoms with van der Waals surface area (Å²) in [5.74, 6) is 0. The van der Waals surface area contributed by atoms with Crippen LogP contribution >= 0.6 is 0 Å². The van der Waals surface area contributed by atoms with Crippen molar-refractivity contribution in [1.29, 1.82) is 0 Å². The smallest absolute Gasteiger partial charge is 0.243 e. The van der Waals surface area contributed by atoms with E-state index in [-0.39, 0.29) is 0 Å². The Kier molecular flexibility index (Phi) is 4.16. The molecule has 0 fully saturated rings. The predicted molar refractivity (Wildman–Crippen MR) is 105 cm³/mol. The average Bonchev–Trinajstić information content (AvgIpc) is 2.80. The number of aromatic amines is 1. The Morgan fingerprint density at radius 1 is 0.923 bits per heavy atom. The van der Waals surface area contributed by atoms with Crippen LogP contribution in [-0.4, -0.2) is 30.8 Å². The van der Waals surface area contributed by atoms with E-state index in [0.29, 0.717) is 24.4 Å². The summed E-state index contributed by atoms with van der Waals surface area (Å²) in [7, 11) is -3.46.